The third-order valence-electron chi connectivity index (χ3n) is 3.19. The predicted molar refractivity (Wildman–Crippen MR) is 71.6 cm³/mol. The second kappa shape index (κ2) is 6.40. The first-order valence-corrected chi connectivity index (χ1v) is 6.20. The molecule has 0 radical (unpaired) electrons. The molecule has 0 spiro atoms. The topological polar surface area (TPSA) is 89.1 Å². The molecule has 1 saturated heterocycles. The summed E-state index contributed by atoms with van der Waals surface area (Å²) in [5.41, 5.74) is 7.23. The summed E-state index contributed by atoms with van der Waals surface area (Å²) in [5, 5.41) is 15.1. The molecule has 0 saturated carbocycles. The largest absolute Gasteiger partial charge is 0.496 e. The van der Waals surface area contributed by atoms with Crippen LogP contribution in [0.3, 0.4) is 0 Å². The molecule has 1 fully saturated rings. The Morgan fingerprint density at radius 2 is 2.47 bits per heavy atom. The van der Waals surface area contributed by atoms with Crippen molar-refractivity contribution in [3.05, 3.63) is 29.3 Å². The number of nitrogens with one attached hydrogen (secondary N) is 1. The van der Waals surface area contributed by atoms with Crippen molar-refractivity contribution in [1.29, 1.82) is 0 Å². The Labute approximate surface area is 112 Å². The zero-order valence-electron chi connectivity index (χ0n) is 10.9. The molecule has 4 N–H and O–H groups in total. The van der Waals surface area contributed by atoms with Crippen molar-refractivity contribution < 1.29 is 14.7 Å². The van der Waals surface area contributed by atoms with Gasteiger partial charge in [0.15, 0.2) is 5.84 Å². The number of ether oxygens (including phenoxy) is 2. The number of methoxy groups -OCH3 is 1. The van der Waals surface area contributed by atoms with E-state index in [1.807, 2.05) is 12.1 Å². The van der Waals surface area contributed by atoms with Gasteiger partial charge in [-0.2, -0.15) is 0 Å². The van der Waals surface area contributed by atoms with Crippen molar-refractivity contribution in [3.8, 4) is 5.75 Å². The van der Waals surface area contributed by atoms with Gasteiger partial charge >= 0.3 is 0 Å². The van der Waals surface area contributed by atoms with Crippen LogP contribution >= 0.6 is 0 Å². The van der Waals surface area contributed by atoms with Gasteiger partial charge in [-0.1, -0.05) is 5.16 Å². The molecule has 2 rings (SSSR count). The monoisotopic (exact) mass is 265 g/mol. The van der Waals surface area contributed by atoms with Crippen LogP contribution in [0.5, 0.6) is 5.75 Å². The number of nitrogens with zero attached hydrogens (tertiary/aromatic N) is 1. The van der Waals surface area contributed by atoms with Gasteiger partial charge in [0.05, 0.1) is 13.7 Å². The van der Waals surface area contributed by atoms with Gasteiger partial charge in [0, 0.05) is 30.3 Å². The Kier molecular flexibility index (Phi) is 4.59. The predicted octanol–water partition coefficient (Wildman–Crippen LogP) is 0.668. The van der Waals surface area contributed by atoms with Gasteiger partial charge < -0.3 is 25.7 Å². The lowest BCUT2D eigenvalue weighted by molar-refractivity contribution is 0.189. The van der Waals surface area contributed by atoms with Crippen LogP contribution in [0.1, 0.15) is 17.5 Å². The van der Waals surface area contributed by atoms with Crippen molar-refractivity contribution >= 4 is 5.84 Å². The molecule has 1 aromatic rings. The summed E-state index contributed by atoms with van der Waals surface area (Å²) < 4.78 is 10.6. The Hall–Kier alpha value is -1.79. The maximum atomic E-state index is 8.71. The van der Waals surface area contributed by atoms with E-state index in [2.05, 4.69) is 10.5 Å². The standard InChI is InChI=1S/C13H19N3O3/c1-18-12-3-2-9(13(14)16-17)6-10(12)7-15-11-4-5-19-8-11/h2-3,6,11,15,17H,4-5,7-8H2,1H3,(H2,14,16). The van der Waals surface area contributed by atoms with E-state index in [0.717, 1.165) is 30.9 Å². The molecule has 1 aromatic carbocycles. The molecule has 0 aromatic heterocycles. The molecule has 1 aliphatic heterocycles. The van der Waals surface area contributed by atoms with Gasteiger partial charge in [0.2, 0.25) is 0 Å². The van der Waals surface area contributed by atoms with Crippen molar-refractivity contribution in [2.45, 2.75) is 19.0 Å². The van der Waals surface area contributed by atoms with E-state index < -0.39 is 0 Å². The lowest BCUT2D eigenvalue weighted by Gasteiger charge is -2.14. The van der Waals surface area contributed by atoms with E-state index in [1.165, 1.54) is 0 Å². The van der Waals surface area contributed by atoms with Gasteiger partial charge in [0.1, 0.15) is 5.75 Å². The average Bonchev–Trinajstić information content (AvgIpc) is 2.97. The zero-order valence-corrected chi connectivity index (χ0v) is 10.9. The highest BCUT2D eigenvalue weighted by atomic mass is 16.5. The highest BCUT2D eigenvalue weighted by Gasteiger charge is 2.15. The van der Waals surface area contributed by atoms with E-state index in [9.17, 15) is 0 Å². The molecule has 0 amide bonds. The van der Waals surface area contributed by atoms with Gasteiger partial charge in [-0.3, -0.25) is 0 Å². The third kappa shape index (κ3) is 3.36. The maximum absolute atomic E-state index is 8.71. The Balaban J connectivity index is 2.11. The van der Waals surface area contributed by atoms with Crippen molar-refractivity contribution in [2.75, 3.05) is 20.3 Å². The molecule has 6 heteroatoms. The van der Waals surface area contributed by atoms with E-state index in [1.54, 1.807) is 13.2 Å². The summed E-state index contributed by atoms with van der Waals surface area (Å²) in [4.78, 5) is 0. The highest BCUT2D eigenvalue weighted by molar-refractivity contribution is 5.97. The van der Waals surface area contributed by atoms with Gasteiger partial charge in [-0.25, -0.2) is 0 Å². The minimum Gasteiger partial charge on any atom is -0.496 e. The van der Waals surface area contributed by atoms with Crippen LogP contribution < -0.4 is 15.8 Å². The first-order valence-electron chi connectivity index (χ1n) is 6.20. The smallest absolute Gasteiger partial charge is 0.170 e. The lowest BCUT2D eigenvalue weighted by atomic mass is 10.1. The summed E-state index contributed by atoms with van der Waals surface area (Å²) in [5.74, 6) is 0.869. The molecule has 19 heavy (non-hydrogen) atoms. The normalized spacial score (nSPS) is 19.6. The number of hydrogen-bond acceptors (Lipinski definition) is 5. The molecule has 104 valence electrons. The van der Waals surface area contributed by atoms with Crippen LogP contribution in [-0.2, 0) is 11.3 Å². The summed E-state index contributed by atoms with van der Waals surface area (Å²) >= 11 is 0. The fourth-order valence-corrected chi connectivity index (χ4v) is 2.08. The Morgan fingerprint density at radius 3 is 3.11 bits per heavy atom. The van der Waals surface area contributed by atoms with E-state index >= 15 is 0 Å². The molecule has 6 nitrogen and oxygen atoms in total. The first kappa shape index (κ1) is 13.6. The van der Waals surface area contributed by atoms with Crippen molar-refractivity contribution in [1.82, 2.24) is 5.32 Å². The second-order valence-corrected chi connectivity index (χ2v) is 4.45. The Morgan fingerprint density at radius 1 is 1.63 bits per heavy atom. The summed E-state index contributed by atoms with van der Waals surface area (Å²) in [7, 11) is 1.63. The molecule has 1 heterocycles. The molecule has 0 bridgehead atoms. The SMILES string of the molecule is COc1ccc(/C(N)=N/O)cc1CNC1CCOC1. The molecule has 1 unspecified atom stereocenters. The van der Waals surface area contributed by atoms with Crippen LogP contribution in [0.15, 0.2) is 23.4 Å². The maximum Gasteiger partial charge on any atom is 0.170 e. The van der Waals surface area contributed by atoms with Crippen molar-refractivity contribution in [3.63, 3.8) is 0 Å². The molecular formula is C13H19N3O3. The second-order valence-electron chi connectivity index (χ2n) is 4.45. The van der Waals surface area contributed by atoms with Crippen molar-refractivity contribution in [2.24, 2.45) is 10.9 Å². The lowest BCUT2D eigenvalue weighted by Crippen LogP contribution is -2.28. The Bertz CT molecular complexity index is 456. The molecular weight excluding hydrogens is 246 g/mol. The minimum atomic E-state index is 0.0908. The molecule has 0 aliphatic carbocycles. The first-order chi connectivity index (χ1) is 9.24. The fraction of sp³-hybridized carbons (Fsp3) is 0.462. The highest BCUT2D eigenvalue weighted by Crippen LogP contribution is 2.20. The van der Waals surface area contributed by atoms with E-state index in [-0.39, 0.29) is 5.84 Å². The molecule has 1 atom stereocenters. The van der Waals surface area contributed by atoms with Crippen LogP contribution in [0.4, 0.5) is 0 Å². The summed E-state index contributed by atoms with van der Waals surface area (Å²) in [6, 6.07) is 5.81. The quantitative estimate of drug-likeness (QED) is 0.315. The van der Waals surface area contributed by atoms with Gasteiger partial charge in [-0.15, -0.1) is 0 Å². The summed E-state index contributed by atoms with van der Waals surface area (Å²) in [6.45, 7) is 2.20. The van der Waals surface area contributed by atoms with Gasteiger partial charge in [0.25, 0.3) is 0 Å². The number of hydrogen-bond donors (Lipinski definition) is 3. The van der Waals surface area contributed by atoms with Crippen LogP contribution in [-0.4, -0.2) is 37.4 Å². The van der Waals surface area contributed by atoms with Crippen LogP contribution in [0.2, 0.25) is 0 Å². The van der Waals surface area contributed by atoms with E-state index in [0.29, 0.717) is 18.2 Å². The zero-order chi connectivity index (χ0) is 13.7. The fourth-order valence-electron chi connectivity index (χ4n) is 2.08. The third-order valence-corrected chi connectivity index (χ3v) is 3.19. The number of rotatable bonds is 5. The van der Waals surface area contributed by atoms with Crippen LogP contribution in [0.25, 0.3) is 0 Å². The van der Waals surface area contributed by atoms with E-state index in [4.69, 9.17) is 20.4 Å². The van der Waals surface area contributed by atoms with Gasteiger partial charge in [-0.05, 0) is 24.6 Å². The number of nitrogens with two attached hydrogens (primary N) is 1. The average molecular weight is 265 g/mol. The molecule has 1 aliphatic rings. The number of benzene rings is 1. The van der Waals surface area contributed by atoms with Crippen LogP contribution in [0, 0.1) is 0 Å². The summed E-state index contributed by atoms with van der Waals surface area (Å²) in [6.07, 6.45) is 1.02. The minimum absolute atomic E-state index is 0.0908. The number of oxime groups is 1. The number of amidine groups is 1.